The lowest BCUT2D eigenvalue weighted by atomic mass is 9.78. The van der Waals surface area contributed by atoms with Gasteiger partial charge in [0.2, 0.25) is 5.91 Å². The monoisotopic (exact) mass is 252 g/mol. The molecule has 0 aromatic heterocycles. The van der Waals surface area contributed by atoms with E-state index >= 15 is 0 Å². The number of carbonyl (C=O) groups is 1. The molecule has 18 heavy (non-hydrogen) atoms. The van der Waals surface area contributed by atoms with Gasteiger partial charge in [-0.2, -0.15) is 0 Å². The van der Waals surface area contributed by atoms with Crippen molar-refractivity contribution in [2.45, 2.75) is 65.0 Å². The molecule has 0 spiro atoms. The van der Waals surface area contributed by atoms with E-state index in [4.69, 9.17) is 5.73 Å². The molecule has 2 N–H and O–H groups in total. The molecule has 3 heteroatoms. The Morgan fingerprint density at radius 2 is 1.83 bits per heavy atom. The van der Waals surface area contributed by atoms with Gasteiger partial charge in [0, 0.05) is 24.5 Å². The summed E-state index contributed by atoms with van der Waals surface area (Å²) in [6, 6.07) is 0.634. The number of nitrogens with zero attached hydrogens (tertiary/aromatic N) is 1. The standard InChI is InChI=1S/C15H28N2O/c1-10-4-6-12(3)17(9-10)15(18)13-7-5-11(2)14(16)8-13/h10-14H,4-9,16H2,1-3H3. The summed E-state index contributed by atoms with van der Waals surface area (Å²) < 4.78 is 0. The quantitative estimate of drug-likeness (QED) is 0.779. The summed E-state index contributed by atoms with van der Waals surface area (Å²) in [7, 11) is 0. The van der Waals surface area contributed by atoms with E-state index in [1.54, 1.807) is 0 Å². The topological polar surface area (TPSA) is 46.3 Å². The van der Waals surface area contributed by atoms with Gasteiger partial charge in [-0.15, -0.1) is 0 Å². The Hall–Kier alpha value is -0.570. The summed E-state index contributed by atoms with van der Waals surface area (Å²) in [4.78, 5) is 14.8. The Bertz CT molecular complexity index is 305. The zero-order chi connectivity index (χ0) is 13.3. The summed E-state index contributed by atoms with van der Waals surface area (Å²) >= 11 is 0. The first-order valence-corrected chi connectivity index (χ1v) is 7.55. The van der Waals surface area contributed by atoms with Crippen LogP contribution in [0, 0.1) is 17.8 Å². The zero-order valence-electron chi connectivity index (χ0n) is 12.1. The van der Waals surface area contributed by atoms with Crippen molar-refractivity contribution in [2.75, 3.05) is 6.54 Å². The second-order valence-electron chi connectivity index (χ2n) is 6.67. The van der Waals surface area contributed by atoms with Crippen LogP contribution < -0.4 is 5.73 Å². The number of piperidine rings is 1. The number of hydrogen-bond acceptors (Lipinski definition) is 2. The Morgan fingerprint density at radius 1 is 1.11 bits per heavy atom. The number of nitrogens with two attached hydrogens (primary N) is 1. The fourth-order valence-electron chi connectivity index (χ4n) is 3.41. The number of carbonyl (C=O) groups excluding carboxylic acids is 1. The number of amides is 1. The number of hydrogen-bond donors (Lipinski definition) is 1. The molecule has 2 rings (SSSR count). The number of rotatable bonds is 1. The molecule has 1 amide bonds. The lowest BCUT2D eigenvalue weighted by Crippen LogP contribution is -2.49. The molecule has 1 aliphatic carbocycles. The zero-order valence-corrected chi connectivity index (χ0v) is 12.1. The van der Waals surface area contributed by atoms with Crippen LogP contribution in [0.3, 0.4) is 0 Å². The van der Waals surface area contributed by atoms with Crippen molar-refractivity contribution in [3.05, 3.63) is 0 Å². The molecule has 1 heterocycles. The van der Waals surface area contributed by atoms with Gasteiger partial charge in [-0.05, 0) is 50.9 Å². The van der Waals surface area contributed by atoms with Gasteiger partial charge in [0.05, 0.1) is 0 Å². The Labute approximate surface area is 111 Å². The molecule has 2 fully saturated rings. The van der Waals surface area contributed by atoms with E-state index < -0.39 is 0 Å². The predicted molar refractivity (Wildman–Crippen MR) is 74.1 cm³/mol. The highest BCUT2D eigenvalue weighted by atomic mass is 16.2. The third-order valence-corrected chi connectivity index (χ3v) is 5.01. The molecule has 3 nitrogen and oxygen atoms in total. The van der Waals surface area contributed by atoms with Crippen LogP contribution in [0.2, 0.25) is 0 Å². The highest BCUT2D eigenvalue weighted by Gasteiger charge is 2.35. The molecule has 2 aliphatic rings. The van der Waals surface area contributed by atoms with E-state index in [-0.39, 0.29) is 12.0 Å². The van der Waals surface area contributed by atoms with Crippen LogP contribution >= 0.6 is 0 Å². The van der Waals surface area contributed by atoms with Gasteiger partial charge in [0.15, 0.2) is 0 Å². The van der Waals surface area contributed by atoms with Crippen LogP contribution in [-0.2, 0) is 4.79 Å². The van der Waals surface area contributed by atoms with Gasteiger partial charge in [0.25, 0.3) is 0 Å². The maximum absolute atomic E-state index is 12.6. The van der Waals surface area contributed by atoms with E-state index in [1.165, 1.54) is 6.42 Å². The van der Waals surface area contributed by atoms with Crippen LogP contribution in [0.25, 0.3) is 0 Å². The van der Waals surface area contributed by atoms with Crippen LogP contribution in [0.5, 0.6) is 0 Å². The van der Waals surface area contributed by atoms with Crippen molar-refractivity contribution in [1.29, 1.82) is 0 Å². The minimum Gasteiger partial charge on any atom is -0.339 e. The fraction of sp³-hybridized carbons (Fsp3) is 0.933. The highest BCUT2D eigenvalue weighted by Crippen LogP contribution is 2.31. The Balaban J connectivity index is 1.98. The van der Waals surface area contributed by atoms with Crippen LogP contribution in [-0.4, -0.2) is 29.4 Å². The third-order valence-electron chi connectivity index (χ3n) is 5.01. The fourth-order valence-corrected chi connectivity index (χ4v) is 3.41. The lowest BCUT2D eigenvalue weighted by Gasteiger charge is -2.41. The largest absolute Gasteiger partial charge is 0.339 e. The van der Waals surface area contributed by atoms with Crippen LogP contribution in [0.15, 0.2) is 0 Å². The summed E-state index contributed by atoms with van der Waals surface area (Å²) in [5.41, 5.74) is 6.13. The molecular formula is C15H28N2O. The molecule has 0 aromatic rings. The minimum absolute atomic E-state index is 0.184. The molecule has 5 atom stereocenters. The molecule has 5 unspecified atom stereocenters. The van der Waals surface area contributed by atoms with Crippen molar-refractivity contribution in [2.24, 2.45) is 23.5 Å². The summed E-state index contributed by atoms with van der Waals surface area (Å²) in [6.45, 7) is 7.59. The lowest BCUT2D eigenvalue weighted by molar-refractivity contribution is -0.141. The molecule has 0 aromatic carbocycles. The average molecular weight is 252 g/mol. The Morgan fingerprint density at radius 3 is 2.50 bits per heavy atom. The molecule has 1 aliphatic heterocycles. The van der Waals surface area contributed by atoms with Gasteiger partial charge in [0.1, 0.15) is 0 Å². The van der Waals surface area contributed by atoms with Crippen molar-refractivity contribution in [1.82, 2.24) is 4.90 Å². The normalized spacial score (nSPS) is 41.8. The summed E-state index contributed by atoms with van der Waals surface area (Å²) in [6.07, 6.45) is 5.44. The summed E-state index contributed by atoms with van der Waals surface area (Å²) in [5.74, 6) is 1.79. The highest BCUT2D eigenvalue weighted by molar-refractivity contribution is 5.79. The van der Waals surface area contributed by atoms with E-state index in [9.17, 15) is 4.79 Å². The predicted octanol–water partition coefficient (Wildman–Crippen LogP) is 2.40. The van der Waals surface area contributed by atoms with Crippen LogP contribution in [0.1, 0.15) is 52.9 Å². The first-order chi connectivity index (χ1) is 8.49. The maximum Gasteiger partial charge on any atom is 0.225 e. The van der Waals surface area contributed by atoms with Gasteiger partial charge in [-0.1, -0.05) is 13.8 Å². The molecule has 1 saturated carbocycles. The van der Waals surface area contributed by atoms with Crippen molar-refractivity contribution in [3.63, 3.8) is 0 Å². The van der Waals surface area contributed by atoms with E-state index in [1.807, 2.05) is 0 Å². The second kappa shape index (κ2) is 5.60. The van der Waals surface area contributed by atoms with Crippen LogP contribution in [0.4, 0.5) is 0 Å². The van der Waals surface area contributed by atoms with Gasteiger partial charge in [-0.3, -0.25) is 4.79 Å². The smallest absolute Gasteiger partial charge is 0.225 e. The third kappa shape index (κ3) is 2.87. The van der Waals surface area contributed by atoms with E-state index in [2.05, 4.69) is 25.7 Å². The number of likely N-dealkylation sites (tertiary alicyclic amines) is 1. The molecule has 104 valence electrons. The molecular weight excluding hydrogens is 224 g/mol. The van der Waals surface area contributed by atoms with Crippen molar-refractivity contribution in [3.8, 4) is 0 Å². The summed E-state index contributed by atoms with van der Waals surface area (Å²) in [5, 5.41) is 0. The second-order valence-corrected chi connectivity index (χ2v) is 6.67. The molecule has 0 bridgehead atoms. The van der Waals surface area contributed by atoms with Gasteiger partial charge >= 0.3 is 0 Å². The van der Waals surface area contributed by atoms with Crippen molar-refractivity contribution >= 4 is 5.91 Å². The Kier molecular flexibility index (Phi) is 4.31. The maximum atomic E-state index is 12.6. The van der Waals surface area contributed by atoms with Gasteiger partial charge < -0.3 is 10.6 Å². The van der Waals surface area contributed by atoms with Crippen molar-refractivity contribution < 1.29 is 4.79 Å². The van der Waals surface area contributed by atoms with E-state index in [0.29, 0.717) is 23.8 Å². The first-order valence-electron chi connectivity index (χ1n) is 7.55. The molecule has 1 saturated heterocycles. The van der Waals surface area contributed by atoms with E-state index in [0.717, 1.165) is 32.2 Å². The SMILES string of the molecule is CC1CCC(C)N(C(=O)C2CCC(C)C(N)C2)C1. The molecule has 0 radical (unpaired) electrons. The first kappa shape index (κ1) is 13.9. The average Bonchev–Trinajstić information content (AvgIpc) is 2.35. The van der Waals surface area contributed by atoms with Gasteiger partial charge in [-0.25, -0.2) is 0 Å². The minimum atomic E-state index is 0.184.